The first-order valence-corrected chi connectivity index (χ1v) is 12.3. The van der Waals surface area contributed by atoms with Crippen LogP contribution in [0.25, 0.3) is 0 Å². The third-order valence-electron chi connectivity index (χ3n) is 5.37. The minimum Gasteiger partial charge on any atom is -0.459 e. The van der Waals surface area contributed by atoms with E-state index in [9.17, 15) is 4.79 Å². The number of hydrogen-bond acceptors (Lipinski definition) is 7. The number of carbonyl (C=O) groups is 1. The fourth-order valence-corrected chi connectivity index (χ4v) is 4.46. The monoisotopic (exact) mass is 475 g/mol. The fraction of sp³-hybridized carbons (Fsp3) is 0.480. The summed E-state index contributed by atoms with van der Waals surface area (Å²) in [5.74, 6) is 0.0199. The Hall–Kier alpha value is -2.23. The summed E-state index contributed by atoms with van der Waals surface area (Å²) in [7, 11) is 0. The van der Waals surface area contributed by atoms with Crippen molar-refractivity contribution in [2.45, 2.75) is 32.1 Å². The van der Waals surface area contributed by atoms with Crippen molar-refractivity contribution in [2.24, 2.45) is 5.92 Å². The highest BCUT2D eigenvalue weighted by molar-refractivity contribution is 7.08. The van der Waals surface area contributed by atoms with Crippen molar-refractivity contribution in [3.63, 3.8) is 0 Å². The first-order chi connectivity index (χ1) is 16.2. The van der Waals surface area contributed by atoms with E-state index in [1.807, 2.05) is 48.7 Å². The predicted molar refractivity (Wildman–Crippen MR) is 127 cm³/mol. The maximum atomic E-state index is 12.9. The lowest BCUT2D eigenvalue weighted by molar-refractivity contribution is -0.168. The largest absolute Gasteiger partial charge is 0.459 e. The van der Waals surface area contributed by atoms with Crippen LogP contribution >= 0.6 is 11.3 Å². The molecule has 0 saturated carbocycles. The van der Waals surface area contributed by atoms with Crippen LogP contribution in [-0.4, -0.2) is 56.9 Å². The number of benzene rings is 1. The molecule has 0 spiro atoms. The Morgan fingerprint density at radius 1 is 1.12 bits per heavy atom. The zero-order chi connectivity index (χ0) is 23.3. The molecule has 2 aromatic rings. The molecule has 0 aliphatic carbocycles. The molecule has 3 atom stereocenters. The molecule has 8 heteroatoms. The molecule has 1 aliphatic heterocycles. The van der Waals surface area contributed by atoms with E-state index in [1.54, 1.807) is 11.3 Å². The van der Waals surface area contributed by atoms with Crippen molar-refractivity contribution >= 4 is 17.2 Å². The highest BCUT2D eigenvalue weighted by atomic mass is 32.1. The molecule has 1 aromatic heterocycles. The molecule has 0 unspecified atom stereocenters. The van der Waals surface area contributed by atoms with Crippen molar-refractivity contribution in [3.8, 4) is 0 Å². The zero-order valence-electron chi connectivity index (χ0n) is 19.0. The molecule has 180 valence electrons. The minimum atomic E-state index is -0.545. The smallest absolute Gasteiger partial charge is 0.286 e. The Kier molecular flexibility index (Phi) is 10.9. The second-order valence-electron chi connectivity index (χ2n) is 7.62. The van der Waals surface area contributed by atoms with Crippen molar-refractivity contribution in [1.82, 2.24) is 5.32 Å². The van der Waals surface area contributed by atoms with E-state index < -0.39 is 6.29 Å². The Balaban J connectivity index is 1.67. The van der Waals surface area contributed by atoms with Crippen molar-refractivity contribution < 1.29 is 28.8 Å². The standard InChI is InChI=1S/C25H33NO6S/c1-2-31-25-21(8-11-29-13-14-30-12-10-27)22(20-9-15-33-18-20)16-23(32-25)24(28)26-17-19-6-4-3-5-7-19/h3-7,9,15-16,18,21-22,25,27H,2,8,10-14,17H2,1H3,(H,26,28)/t21-,22-,25-/m1/s1. The topological polar surface area (TPSA) is 86.3 Å². The SMILES string of the molecule is CCO[C@@H]1OC(C(=O)NCc2ccccc2)=C[C@H](c2ccsc2)[C@H]1CCOCCOCCO. The van der Waals surface area contributed by atoms with Crippen LogP contribution in [0.4, 0.5) is 0 Å². The summed E-state index contributed by atoms with van der Waals surface area (Å²) in [5.41, 5.74) is 2.16. The van der Waals surface area contributed by atoms with E-state index >= 15 is 0 Å². The van der Waals surface area contributed by atoms with Crippen LogP contribution < -0.4 is 5.32 Å². The van der Waals surface area contributed by atoms with Gasteiger partial charge >= 0.3 is 0 Å². The van der Waals surface area contributed by atoms with Gasteiger partial charge in [0.25, 0.3) is 5.91 Å². The quantitative estimate of drug-likeness (QED) is 0.407. The normalized spacial score (nSPS) is 20.2. The number of aliphatic hydroxyl groups excluding tert-OH is 1. The Labute approximate surface area is 199 Å². The molecule has 1 aliphatic rings. The predicted octanol–water partition coefficient (Wildman–Crippen LogP) is 3.46. The van der Waals surface area contributed by atoms with E-state index in [0.29, 0.717) is 46.0 Å². The van der Waals surface area contributed by atoms with Gasteiger partial charge in [-0.15, -0.1) is 0 Å². The van der Waals surface area contributed by atoms with Gasteiger partial charge in [0.2, 0.25) is 6.29 Å². The van der Waals surface area contributed by atoms with E-state index in [2.05, 4.69) is 16.8 Å². The first kappa shape index (κ1) is 25.4. The van der Waals surface area contributed by atoms with E-state index in [1.165, 1.54) is 0 Å². The van der Waals surface area contributed by atoms with Gasteiger partial charge < -0.3 is 29.4 Å². The molecule has 1 amide bonds. The highest BCUT2D eigenvalue weighted by Gasteiger charge is 2.38. The van der Waals surface area contributed by atoms with Crippen LogP contribution in [-0.2, 0) is 30.3 Å². The summed E-state index contributed by atoms with van der Waals surface area (Å²) in [5, 5.41) is 15.9. The van der Waals surface area contributed by atoms with Crippen LogP contribution in [0.3, 0.4) is 0 Å². The minimum absolute atomic E-state index is 0.00332. The molecular weight excluding hydrogens is 442 g/mol. The van der Waals surface area contributed by atoms with Crippen molar-refractivity contribution in [3.05, 3.63) is 70.1 Å². The van der Waals surface area contributed by atoms with Crippen LogP contribution in [0.2, 0.25) is 0 Å². The third-order valence-corrected chi connectivity index (χ3v) is 6.07. The van der Waals surface area contributed by atoms with Gasteiger partial charge in [-0.3, -0.25) is 4.79 Å². The lowest BCUT2D eigenvalue weighted by Gasteiger charge is -2.36. The number of thiophene rings is 1. The van der Waals surface area contributed by atoms with Gasteiger partial charge in [-0.2, -0.15) is 11.3 Å². The van der Waals surface area contributed by atoms with Crippen LogP contribution in [0, 0.1) is 5.92 Å². The number of nitrogens with one attached hydrogen (secondary N) is 1. The molecule has 0 bridgehead atoms. The van der Waals surface area contributed by atoms with Gasteiger partial charge in [0.1, 0.15) is 0 Å². The molecule has 0 radical (unpaired) electrons. The number of allylic oxidation sites excluding steroid dienone is 1. The summed E-state index contributed by atoms with van der Waals surface area (Å²) >= 11 is 1.63. The molecule has 2 heterocycles. The Bertz CT molecular complexity index is 842. The number of ether oxygens (including phenoxy) is 4. The highest BCUT2D eigenvalue weighted by Crippen LogP contribution is 2.39. The van der Waals surface area contributed by atoms with E-state index in [-0.39, 0.29) is 30.1 Å². The van der Waals surface area contributed by atoms with Gasteiger partial charge in [-0.25, -0.2) is 0 Å². The van der Waals surface area contributed by atoms with Crippen LogP contribution in [0.5, 0.6) is 0 Å². The number of rotatable bonds is 14. The second-order valence-corrected chi connectivity index (χ2v) is 8.40. The third kappa shape index (κ3) is 7.94. The van der Waals surface area contributed by atoms with Crippen molar-refractivity contribution in [1.29, 1.82) is 0 Å². The van der Waals surface area contributed by atoms with Gasteiger partial charge in [0.15, 0.2) is 5.76 Å². The Morgan fingerprint density at radius 3 is 2.61 bits per heavy atom. The molecular formula is C25H33NO6S. The maximum Gasteiger partial charge on any atom is 0.286 e. The number of aliphatic hydroxyl groups is 1. The molecule has 1 aromatic carbocycles. The number of carbonyl (C=O) groups excluding carboxylic acids is 1. The Morgan fingerprint density at radius 2 is 1.91 bits per heavy atom. The summed E-state index contributed by atoms with van der Waals surface area (Å²) < 4.78 is 22.9. The van der Waals surface area contributed by atoms with Gasteiger partial charge in [0, 0.05) is 31.6 Å². The molecule has 3 rings (SSSR count). The summed E-state index contributed by atoms with van der Waals surface area (Å²) in [6, 6.07) is 11.9. The lowest BCUT2D eigenvalue weighted by Crippen LogP contribution is -2.39. The lowest BCUT2D eigenvalue weighted by atomic mass is 9.82. The average Bonchev–Trinajstić information content (AvgIpc) is 3.38. The number of amides is 1. The van der Waals surface area contributed by atoms with Gasteiger partial charge in [-0.1, -0.05) is 30.3 Å². The number of hydrogen-bond donors (Lipinski definition) is 2. The van der Waals surface area contributed by atoms with Crippen LogP contribution in [0.1, 0.15) is 30.4 Å². The maximum absolute atomic E-state index is 12.9. The van der Waals surface area contributed by atoms with Crippen LogP contribution in [0.15, 0.2) is 59.0 Å². The molecule has 0 fully saturated rings. The molecule has 2 N–H and O–H groups in total. The van der Waals surface area contributed by atoms with E-state index in [4.69, 9.17) is 24.1 Å². The first-order valence-electron chi connectivity index (χ1n) is 11.3. The average molecular weight is 476 g/mol. The molecule has 33 heavy (non-hydrogen) atoms. The van der Waals surface area contributed by atoms with E-state index in [0.717, 1.165) is 11.1 Å². The van der Waals surface area contributed by atoms with Gasteiger partial charge in [-0.05, 0) is 47.4 Å². The summed E-state index contributed by atoms with van der Waals surface area (Å²) in [6.45, 7) is 4.56. The molecule has 7 nitrogen and oxygen atoms in total. The second kappa shape index (κ2) is 14.1. The summed E-state index contributed by atoms with van der Waals surface area (Å²) in [4.78, 5) is 12.9. The van der Waals surface area contributed by atoms with Crippen molar-refractivity contribution in [2.75, 3.05) is 39.6 Å². The zero-order valence-corrected chi connectivity index (χ0v) is 19.8. The summed E-state index contributed by atoms with van der Waals surface area (Å²) in [6.07, 6.45) is 2.07. The van der Waals surface area contributed by atoms with Gasteiger partial charge in [0.05, 0.1) is 26.4 Å². The fourth-order valence-electron chi connectivity index (χ4n) is 3.75. The molecule has 0 saturated heterocycles.